The second-order valence-electron chi connectivity index (χ2n) is 9.21. The Labute approximate surface area is 196 Å². The molecule has 10 nitrogen and oxygen atoms in total. The van der Waals surface area contributed by atoms with Crippen LogP contribution >= 0.6 is 0 Å². The van der Waals surface area contributed by atoms with Gasteiger partial charge in [-0.1, -0.05) is 0 Å². The molecule has 0 aliphatic carbocycles. The maximum Gasteiger partial charge on any atom is 0.407 e. The van der Waals surface area contributed by atoms with Gasteiger partial charge in [0.2, 0.25) is 11.8 Å². The molecule has 2 aliphatic rings. The Balaban J connectivity index is 1.55. The monoisotopic (exact) mass is 476 g/mol. The van der Waals surface area contributed by atoms with E-state index in [-0.39, 0.29) is 24.0 Å². The minimum absolute atomic E-state index is 0.00214. The molecule has 0 aromatic heterocycles. The fraction of sp³-hybridized carbons (Fsp3) is 0.522. The number of amides is 5. The third kappa shape index (κ3) is 5.70. The van der Waals surface area contributed by atoms with E-state index in [0.717, 1.165) is 17.4 Å². The summed E-state index contributed by atoms with van der Waals surface area (Å²) in [6.45, 7) is 6.26. The molecule has 0 bridgehead atoms. The number of nitrogens with zero attached hydrogens (tertiary/aromatic N) is 1. The van der Waals surface area contributed by atoms with E-state index in [1.807, 2.05) is 0 Å². The van der Waals surface area contributed by atoms with Crippen molar-refractivity contribution in [3.05, 3.63) is 29.1 Å². The van der Waals surface area contributed by atoms with Crippen LogP contribution in [-0.2, 0) is 14.3 Å². The molecule has 2 heterocycles. The largest absolute Gasteiger partial charge is 0.444 e. The molecule has 0 radical (unpaired) electrons. The SMILES string of the molecule is CC(C)(C)OC(=O)NCCCCCNc1ccc(F)c2c1C(=O)N(C1CCC(=O)NC1=O)C2=O. The lowest BCUT2D eigenvalue weighted by atomic mass is 10.0. The van der Waals surface area contributed by atoms with Crippen molar-refractivity contribution in [2.75, 3.05) is 18.4 Å². The molecule has 1 aromatic carbocycles. The number of carbonyl (C=O) groups is 5. The van der Waals surface area contributed by atoms with Crippen LogP contribution in [-0.4, -0.2) is 59.4 Å². The number of anilines is 1. The summed E-state index contributed by atoms with van der Waals surface area (Å²) < 4.78 is 19.6. The van der Waals surface area contributed by atoms with E-state index in [1.165, 1.54) is 6.07 Å². The van der Waals surface area contributed by atoms with E-state index >= 15 is 0 Å². The van der Waals surface area contributed by atoms with E-state index in [4.69, 9.17) is 4.74 Å². The number of fused-ring (bicyclic) bond motifs is 1. The first-order valence-electron chi connectivity index (χ1n) is 11.2. The fourth-order valence-electron chi connectivity index (χ4n) is 3.85. The molecule has 11 heteroatoms. The molecule has 0 saturated carbocycles. The number of benzene rings is 1. The van der Waals surface area contributed by atoms with Crippen LogP contribution in [0.4, 0.5) is 14.9 Å². The number of piperidine rings is 1. The normalized spacial score (nSPS) is 18.0. The Hall–Kier alpha value is -3.50. The van der Waals surface area contributed by atoms with Crippen molar-refractivity contribution in [3.63, 3.8) is 0 Å². The molecule has 1 fully saturated rings. The van der Waals surface area contributed by atoms with Gasteiger partial charge in [-0.2, -0.15) is 0 Å². The molecular formula is C23H29FN4O6. The van der Waals surface area contributed by atoms with Gasteiger partial charge in [-0.3, -0.25) is 29.4 Å². The van der Waals surface area contributed by atoms with Gasteiger partial charge < -0.3 is 15.4 Å². The fourth-order valence-corrected chi connectivity index (χ4v) is 3.85. The summed E-state index contributed by atoms with van der Waals surface area (Å²) in [4.78, 5) is 61.8. The van der Waals surface area contributed by atoms with Crippen LogP contribution in [0.25, 0.3) is 0 Å². The minimum atomic E-state index is -1.16. The zero-order valence-electron chi connectivity index (χ0n) is 19.5. The smallest absolute Gasteiger partial charge is 0.407 e. The van der Waals surface area contributed by atoms with Gasteiger partial charge in [-0.05, 0) is 58.6 Å². The number of ether oxygens (including phenoxy) is 1. The van der Waals surface area contributed by atoms with Crippen molar-refractivity contribution in [3.8, 4) is 0 Å². The predicted molar refractivity (Wildman–Crippen MR) is 120 cm³/mol. The van der Waals surface area contributed by atoms with Crippen molar-refractivity contribution < 1.29 is 33.1 Å². The molecule has 1 saturated heterocycles. The number of carbonyl (C=O) groups excluding carboxylic acids is 5. The zero-order chi connectivity index (χ0) is 25.0. The van der Waals surface area contributed by atoms with Crippen LogP contribution in [0.1, 0.15) is 73.6 Å². The summed E-state index contributed by atoms with van der Waals surface area (Å²) in [5, 5.41) is 7.85. The summed E-state index contributed by atoms with van der Waals surface area (Å²) in [7, 11) is 0. The molecule has 2 aliphatic heterocycles. The standard InChI is InChI=1S/C23H29FN4O6/c1-23(2,3)34-22(33)26-12-6-4-5-11-25-14-8-7-13(24)17-18(14)21(32)28(20(17)31)15-9-10-16(29)27-19(15)30/h7-8,15,25H,4-6,9-12H2,1-3H3,(H,26,33)(H,27,29,30). The molecule has 1 aromatic rings. The van der Waals surface area contributed by atoms with Gasteiger partial charge in [0, 0.05) is 25.2 Å². The number of hydrogen-bond donors (Lipinski definition) is 3. The molecule has 3 N–H and O–H groups in total. The maximum absolute atomic E-state index is 14.5. The van der Waals surface area contributed by atoms with Crippen LogP contribution in [0.2, 0.25) is 0 Å². The van der Waals surface area contributed by atoms with Crippen LogP contribution in [0, 0.1) is 5.82 Å². The van der Waals surface area contributed by atoms with Crippen LogP contribution < -0.4 is 16.0 Å². The Kier molecular flexibility index (Phi) is 7.53. The van der Waals surface area contributed by atoms with Gasteiger partial charge in [0.15, 0.2) is 0 Å². The topological polar surface area (TPSA) is 134 Å². The summed E-state index contributed by atoms with van der Waals surface area (Å²) in [6, 6.07) is 1.33. The second-order valence-corrected chi connectivity index (χ2v) is 9.21. The average molecular weight is 477 g/mol. The molecular weight excluding hydrogens is 447 g/mol. The Bertz CT molecular complexity index is 1020. The predicted octanol–water partition coefficient (Wildman–Crippen LogP) is 2.33. The molecule has 184 valence electrons. The van der Waals surface area contributed by atoms with Gasteiger partial charge in [0.05, 0.1) is 11.1 Å². The minimum Gasteiger partial charge on any atom is -0.444 e. The summed E-state index contributed by atoms with van der Waals surface area (Å²) in [6.07, 6.45) is 1.68. The maximum atomic E-state index is 14.5. The Morgan fingerprint density at radius 2 is 1.76 bits per heavy atom. The number of alkyl carbamates (subject to hydrolysis) is 1. The Morgan fingerprint density at radius 1 is 1.09 bits per heavy atom. The third-order valence-corrected chi connectivity index (χ3v) is 5.38. The zero-order valence-corrected chi connectivity index (χ0v) is 19.5. The lowest BCUT2D eigenvalue weighted by Crippen LogP contribution is -2.54. The molecule has 34 heavy (non-hydrogen) atoms. The third-order valence-electron chi connectivity index (χ3n) is 5.38. The number of nitrogens with one attached hydrogen (secondary N) is 3. The summed E-state index contributed by atoms with van der Waals surface area (Å²) in [5.41, 5.74) is -0.741. The lowest BCUT2D eigenvalue weighted by Gasteiger charge is -2.27. The molecule has 1 atom stereocenters. The van der Waals surface area contributed by atoms with Gasteiger partial charge in [0.1, 0.15) is 17.5 Å². The van der Waals surface area contributed by atoms with E-state index in [1.54, 1.807) is 20.8 Å². The van der Waals surface area contributed by atoms with Crippen molar-refractivity contribution in [1.29, 1.82) is 0 Å². The Morgan fingerprint density at radius 3 is 2.44 bits per heavy atom. The van der Waals surface area contributed by atoms with Crippen molar-refractivity contribution in [2.24, 2.45) is 0 Å². The molecule has 5 amide bonds. The highest BCUT2D eigenvalue weighted by Gasteiger charge is 2.47. The first-order chi connectivity index (χ1) is 16.0. The van der Waals surface area contributed by atoms with Crippen molar-refractivity contribution in [1.82, 2.24) is 15.5 Å². The highest BCUT2D eigenvalue weighted by molar-refractivity contribution is 6.25. The van der Waals surface area contributed by atoms with Gasteiger partial charge in [-0.15, -0.1) is 0 Å². The summed E-state index contributed by atoms with van der Waals surface area (Å²) in [5.74, 6) is -3.72. The highest BCUT2D eigenvalue weighted by Crippen LogP contribution is 2.34. The van der Waals surface area contributed by atoms with E-state index < -0.39 is 47.2 Å². The first kappa shape index (κ1) is 25.1. The first-order valence-corrected chi connectivity index (χ1v) is 11.2. The molecule has 1 unspecified atom stereocenters. The van der Waals surface area contributed by atoms with Gasteiger partial charge in [0.25, 0.3) is 11.8 Å². The number of imide groups is 2. The highest BCUT2D eigenvalue weighted by atomic mass is 19.1. The van der Waals surface area contributed by atoms with Crippen LogP contribution in [0.15, 0.2) is 12.1 Å². The van der Waals surface area contributed by atoms with Crippen molar-refractivity contribution >= 4 is 35.4 Å². The van der Waals surface area contributed by atoms with Gasteiger partial charge >= 0.3 is 6.09 Å². The van der Waals surface area contributed by atoms with Crippen molar-refractivity contribution in [2.45, 2.75) is 64.5 Å². The lowest BCUT2D eigenvalue weighted by molar-refractivity contribution is -0.136. The number of unbranched alkanes of at least 4 members (excludes halogenated alkanes) is 2. The van der Waals surface area contributed by atoms with E-state index in [9.17, 15) is 28.4 Å². The second kappa shape index (κ2) is 10.2. The summed E-state index contributed by atoms with van der Waals surface area (Å²) >= 11 is 0. The van der Waals surface area contributed by atoms with Crippen LogP contribution in [0.3, 0.4) is 0 Å². The van der Waals surface area contributed by atoms with Gasteiger partial charge in [-0.25, -0.2) is 9.18 Å². The average Bonchev–Trinajstić information content (AvgIpc) is 2.99. The number of halogens is 1. The molecule has 3 rings (SSSR count). The van der Waals surface area contributed by atoms with E-state index in [2.05, 4.69) is 16.0 Å². The van der Waals surface area contributed by atoms with E-state index in [0.29, 0.717) is 31.6 Å². The van der Waals surface area contributed by atoms with Crippen LogP contribution in [0.5, 0.6) is 0 Å². The number of rotatable bonds is 8. The number of hydrogen-bond acceptors (Lipinski definition) is 7. The molecule has 0 spiro atoms. The quantitative estimate of drug-likeness (QED) is 0.387.